The van der Waals surface area contributed by atoms with E-state index < -0.39 is 0 Å². The molecule has 5 heavy (non-hydrogen) atoms. The van der Waals surface area contributed by atoms with E-state index >= 15 is 0 Å². The number of rotatable bonds is 0. The monoisotopic (exact) mass is 240 g/mol. The molecule has 0 heterocycles. The molecule has 0 aromatic carbocycles. The maximum atomic E-state index is 8.57. The number of aliphatic hydroxyl groups is 1. The third kappa shape index (κ3) is 69.9. The average Bonchev–Trinajstić information content (AvgIpc) is 0.722. The standard InChI is InChI=1S/C3H7O.Ta/c1-3(2)4;/h4H,1-2H3;. The Balaban J connectivity index is 3.02. The van der Waals surface area contributed by atoms with Gasteiger partial charge in [0.25, 0.3) is 0 Å². The summed E-state index contributed by atoms with van der Waals surface area (Å²) in [7, 11) is 0. The summed E-state index contributed by atoms with van der Waals surface area (Å²) < 4.78 is -0.389. The Morgan fingerprint density at radius 1 is 1.60 bits per heavy atom. The van der Waals surface area contributed by atoms with E-state index in [-0.39, 0.29) is 3.82 Å². The van der Waals surface area contributed by atoms with Gasteiger partial charge in [0.05, 0.1) is 0 Å². The zero-order chi connectivity index (χ0) is 4.50. The number of hydrogen-bond donors (Lipinski definition) is 1. The Labute approximate surface area is 44.3 Å². The fraction of sp³-hybridized carbons (Fsp3) is 1.00. The first kappa shape index (κ1) is 5.70. The van der Waals surface area contributed by atoms with Gasteiger partial charge in [-0.25, -0.2) is 0 Å². The first-order chi connectivity index (χ1) is 2.00. The van der Waals surface area contributed by atoms with Crippen LogP contribution in [0.25, 0.3) is 0 Å². The topological polar surface area (TPSA) is 20.2 Å². The van der Waals surface area contributed by atoms with Gasteiger partial charge < -0.3 is 0 Å². The second-order valence-corrected chi connectivity index (χ2v) is 5.43. The van der Waals surface area contributed by atoms with E-state index in [2.05, 4.69) is 0 Å². The van der Waals surface area contributed by atoms with Crippen molar-refractivity contribution in [2.45, 2.75) is 17.7 Å². The molecule has 0 bridgehead atoms. The van der Waals surface area contributed by atoms with Gasteiger partial charge in [-0.15, -0.1) is 0 Å². The van der Waals surface area contributed by atoms with Crippen LogP contribution in [0.4, 0.5) is 0 Å². The van der Waals surface area contributed by atoms with E-state index in [1.54, 1.807) is 13.8 Å². The normalized spacial score (nSPS) is 11.8. The molecular weight excluding hydrogens is 233 g/mol. The van der Waals surface area contributed by atoms with Gasteiger partial charge in [-0.3, -0.25) is 0 Å². The molecule has 0 saturated heterocycles. The van der Waals surface area contributed by atoms with E-state index in [0.29, 0.717) is 0 Å². The van der Waals surface area contributed by atoms with Crippen LogP contribution >= 0.6 is 0 Å². The Bertz CT molecular complexity index is 22.4. The van der Waals surface area contributed by atoms with Crippen molar-refractivity contribution in [2.24, 2.45) is 0 Å². The Morgan fingerprint density at radius 2 is 1.60 bits per heavy atom. The van der Waals surface area contributed by atoms with Crippen LogP contribution in [-0.2, 0) is 21.1 Å². The SMILES string of the molecule is C[C](C)(O)[Ta]. The first-order valence-corrected chi connectivity index (χ1v) is 3.05. The van der Waals surface area contributed by atoms with Crippen LogP contribution in [0, 0.1) is 0 Å². The molecule has 0 fully saturated rings. The second-order valence-electron chi connectivity index (χ2n) is 1.49. The zero-order valence-electron chi connectivity index (χ0n) is 3.39. The van der Waals surface area contributed by atoms with Gasteiger partial charge in [0.2, 0.25) is 0 Å². The molecule has 0 aromatic rings. The first-order valence-electron chi connectivity index (χ1n) is 1.45. The van der Waals surface area contributed by atoms with Crippen molar-refractivity contribution in [2.75, 3.05) is 0 Å². The van der Waals surface area contributed by atoms with Crippen LogP contribution in [0.5, 0.6) is 0 Å². The Kier molecular flexibility index (Phi) is 1.63. The summed E-state index contributed by atoms with van der Waals surface area (Å²) in [5.41, 5.74) is 0. The Hall–Kier alpha value is 0.700. The summed E-state index contributed by atoms with van der Waals surface area (Å²) in [6.45, 7) is 3.58. The van der Waals surface area contributed by atoms with E-state index in [4.69, 9.17) is 5.11 Å². The van der Waals surface area contributed by atoms with Crippen LogP contribution < -0.4 is 0 Å². The molecular formula is C3H7OTa. The third-order valence-electron chi connectivity index (χ3n) is 0. The van der Waals surface area contributed by atoms with Crippen molar-refractivity contribution >= 4 is 0 Å². The minimum absolute atomic E-state index is 0.389. The second kappa shape index (κ2) is 1.43. The van der Waals surface area contributed by atoms with Gasteiger partial charge in [-0.1, -0.05) is 0 Å². The molecule has 0 aliphatic heterocycles. The van der Waals surface area contributed by atoms with Crippen molar-refractivity contribution in [3.63, 3.8) is 0 Å². The molecule has 0 atom stereocenters. The van der Waals surface area contributed by atoms with E-state index in [1.165, 1.54) is 0 Å². The van der Waals surface area contributed by atoms with Crippen molar-refractivity contribution in [1.82, 2.24) is 0 Å². The predicted molar refractivity (Wildman–Crippen MR) is 16.3 cm³/mol. The van der Waals surface area contributed by atoms with Crippen molar-refractivity contribution < 1.29 is 26.2 Å². The molecule has 0 rings (SSSR count). The predicted octanol–water partition coefficient (Wildman–Crippen LogP) is 0.262. The maximum absolute atomic E-state index is 8.57. The molecule has 0 radical (unpaired) electrons. The summed E-state index contributed by atoms with van der Waals surface area (Å²) in [6.07, 6.45) is 0. The fourth-order valence-corrected chi connectivity index (χ4v) is 0. The van der Waals surface area contributed by atoms with Crippen molar-refractivity contribution in [3.05, 3.63) is 0 Å². The van der Waals surface area contributed by atoms with Crippen molar-refractivity contribution in [1.29, 1.82) is 0 Å². The van der Waals surface area contributed by atoms with Crippen LogP contribution in [0.15, 0.2) is 0 Å². The minimum atomic E-state index is -0.389. The van der Waals surface area contributed by atoms with E-state index in [9.17, 15) is 0 Å². The molecule has 0 aliphatic rings. The zero-order valence-corrected chi connectivity index (χ0v) is 6.61. The molecule has 2 heteroatoms. The molecule has 1 N–H and O–H groups in total. The summed E-state index contributed by atoms with van der Waals surface area (Å²) >= 11 is 1.04. The van der Waals surface area contributed by atoms with Gasteiger partial charge >= 0.3 is 43.8 Å². The molecule has 0 aliphatic carbocycles. The van der Waals surface area contributed by atoms with Gasteiger partial charge in [0.1, 0.15) is 0 Å². The van der Waals surface area contributed by atoms with Crippen LogP contribution in [0.1, 0.15) is 13.8 Å². The summed E-state index contributed by atoms with van der Waals surface area (Å²) in [5, 5.41) is 8.57. The summed E-state index contributed by atoms with van der Waals surface area (Å²) in [4.78, 5) is 0. The molecule has 0 amide bonds. The van der Waals surface area contributed by atoms with Gasteiger partial charge in [0.15, 0.2) is 0 Å². The van der Waals surface area contributed by atoms with Crippen molar-refractivity contribution in [3.8, 4) is 0 Å². The molecule has 0 spiro atoms. The van der Waals surface area contributed by atoms with E-state index in [1.807, 2.05) is 0 Å². The average molecular weight is 240 g/mol. The number of hydrogen-bond acceptors (Lipinski definition) is 1. The van der Waals surface area contributed by atoms with Crippen LogP contribution in [0.2, 0.25) is 0 Å². The summed E-state index contributed by atoms with van der Waals surface area (Å²) in [6, 6.07) is 0. The quantitative estimate of drug-likeness (QED) is 0.644. The molecule has 0 saturated carbocycles. The van der Waals surface area contributed by atoms with Crippen LogP contribution in [-0.4, -0.2) is 8.93 Å². The molecule has 1 nitrogen and oxygen atoms in total. The van der Waals surface area contributed by atoms with Gasteiger partial charge in [-0.2, -0.15) is 0 Å². The third-order valence-corrected chi connectivity index (χ3v) is 0. The Morgan fingerprint density at radius 3 is 1.60 bits per heavy atom. The molecule has 30 valence electrons. The molecule has 0 unspecified atom stereocenters. The molecule has 0 aromatic heterocycles. The van der Waals surface area contributed by atoms with Gasteiger partial charge in [-0.05, 0) is 0 Å². The van der Waals surface area contributed by atoms with Crippen LogP contribution in [0.3, 0.4) is 0 Å². The van der Waals surface area contributed by atoms with Gasteiger partial charge in [0, 0.05) is 0 Å². The van der Waals surface area contributed by atoms with E-state index in [0.717, 1.165) is 21.1 Å². The fourth-order valence-electron chi connectivity index (χ4n) is 0. The summed E-state index contributed by atoms with van der Waals surface area (Å²) in [5.74, 6) is 0.